The van der Waals surface area contributed by atoms with Gasteiger partial charge in [-0.25, -0.2) is 0 Å². The van der Waals surface area contributed by atoms with Gasteiger partial charge >= 0.3 is 0 Å². The fourth-order valence-electron chi connectivity index (χ4n) is 1.96. The van der Waals surface area contributed by atoms with Crippen LogP contribution >= 0.6 is 0 Å². The maximum atomic E-state index is 11.5. The Morgan fingerprint density at radius 1 is 1.12 bits per heavy atom. The highest BCUT2D eigenvalue weighted by atomic mass is 16.2. The molecule has 1 aliphatic heterocycles. The van der Waals surface area contributed by atoms with E-state index in [1.807, 2.05) is 20.8 Å². The lowest BCUT2D eigenvalue weighted by Gasteiger charge is -2.13. The van der Waals surface area contributed by atoms with Gasteiger partial charge in [0.05, 0.1) is 0 Å². The minimum Gasteiger partial charge on any atom is -0.282 e. The molecule has 1 atom stereocenters. The Morgan fingerprint density at radius 3 is 2.18 bits per heavy atom. The van der Waals surface area contributed by atoms with Crippen LogP contribution in [0, 0.1) is 5.92 Å². The zero-order chi connectivity index (χ0) is 13.3. The van der Waals surface area contributed by atoms with Crippen LogP contribution in [0.4, 0.5) is 0 Å². The third-order valence-corrected chi connectivity index (χ3v) is 2.95. The average molecular weight is 241 g/mol. The lowest BCUT2D eigenvalue weighted by Crippen LogP contribution is -2.31. The molecule has 1 unspecified atom stereocenters. The first kappa shape index (κ1) is 16.1. The number of carbonyl (C=O) groups excluding carboxylic acids is 2. The van der Waals surface area contributed by atoms with Gasteiger partial charge in [0, 0.05) is 18.9 Å². The predicted molar refractivity (Wildman–Crippen MR) is 70.6 cm³/mol. The number of hydrogen-bond donors (Lipinski definition) is 0. The van der Waals surface area contributed by atoms with Crippen LogP contribution < -0.4 is 0 Å². The molecule has 2 amide bonds. The van der Waals surface area contributed by atoms with Gasteiger partial charge in [0.15, 0.2) is 0 Å². The fraction of sp³-hybridized carbons (Fsp3) is 0.857. The van der Waals surface area contributed by atoms with Crippen LogP contribution in [0.2, 0.25) is 0 Å². The van der Waals surface area contributed by atoms with Gasteiger partial charge in [-0.05, 0) is 6.42 Å². The Bertz CT molecular complexity index is 238. The molecule has 0 spiro atoms. The monoisotopic (exact) mass is 241 g/mol. The summed E-state index contributed by atoms with van der Waals surface area (Å²) in [6, 6.07) is 0. The van der Waals surface area contributed by atoms with E-state index in [2.05, 4.69) is 6.92 Å². The third-order valence-electron chi connectivity index (χ3n) is 2.95. The van der Waals surface area contributed by atoms with Crippen molar-refractivity contribution in [3.8, 4) is 0 Å². The predicted octanol–water partition coefficient (Wildman–Crippen LogP) is 3.38. The SMILES string of the molecule is CC.CCCCCCCN1C(=O)CC(C)C1=O. The minimum atomic E-state index is -0.0897. The Morgan fingerprint density at radius 2 is 1.71 bits per heavy atom. The highest BCUT2D eigenvalue weighted by Gasteiger charge is 2.34. The van der Waals surface area contributed by atoms with Crippen molar-refractivity contribution in [2.75, 3.05) is 6.54 Å². The van der Waals surface area contributed by atoms with Crippen molar-refractivity contribution in [1.82, 2.24) is 4.90 Å². The van der Waals surface area contributed by atoms with E-state index in [0.717, 1.165) is 12.8 Å². The molecular formula is C14H27NO2. The summed E-state index contributed by atoms with van der Waals surface area (Å²) < 4.78 is 0. The van der Waals surface area contributed by atoms with E-state index in [4.69, 9.17) is 0 Å². The van der Waals surface area contributed by atoms with E-state index in [1.165, 1.54) is 24.2 Å². The number of imide groups is 1. The molecule has 0 aliphatic carbocycles. The Kier molecular flexibility index (Phi) is 8.73. The second-order valence-corrected chi connectivity index (χ2v) is 4.40. The summed E-state index contributed by atoms with van der Waals surface area (Å²) in [6.45, 7) is 8.64. The highest BCUT2D eigenvalue weighted by Crippen LogP contribution is 2.19. The van der Waals surface area contributed by atoms with Gasteiger partial charge in [0.1, 0.15) is 0 Å². The zero-order valence-corrected chi connectivity index (χ0v) is 11.8. The lowest BCUT2D eigenvalue weighted by molar-refractivity contribution is -0.139. The van der Waals surface area contributed by atoms with Gasteiger partial charge in [0.2, 0.25) is 11.8 Å². The summed E-state index contributed by atoms with van der Waals surface area (Å²) in [5.74, 6) is -0.0494. The molecule has 1 saturated heterocycles. The van der Waals surface area contributed by atoms with E-state index >= 15 is 0 Å². The summed E-state index contributed by atoms with van der Waals surface area (Å²) >= 11 is 0. The molecule has 0 aromatic heterocycles. The number of rotatable bonds is 6. The van der Waals surface area contributed by atoms with Crippen molar-refractivity contribution < 1.29 is 9.59 Å². The molecule has 100 valence electrons. The summed E-state index contributed by atoms with van der Waals surface area (Å²) in [4.78, 5) is 24.4. The molecule has 0 radical (unpaired) electrons. The van der Waals surface area contributed by atoms with Crippen LogP contribution in [0.1, 0.15) is 66.2 Å². The van der Waals surface area contributed by atoms with Gasteiger partial charge in [-0.15, -0.1) is 0 Å². The van der Waals surface area contributed by atoms with Crippen molar-refractivity contribution in [2.24, 2.45) is 5.92 Å². The molecule has 17 heavy (non-hydrogen) atoms. The van der Waals surface area contributed by atoms with Crippen LogP contribution in [0.15, 0.2) is 0 Å². The summed E-state index contributed by atoms with van der Waals surface area (Å²) in [6.07, 6.45) is 6.18. The minimum absolute atomic E-state index is 0.0167. The van der Waals surface area contributed by atoms with Crippen molar-refractivity contribution in [3.05, 3.63) is 0 Å². The molecule has 1 aliphatic rings. The van der Waals surface area contributed by atoms with Crippen molar-refractivity contribution in [2.45, 2.75) is 66.2 Å². The third kappa shape index (κ3) is 5.33. The molecule has 0 aromatic rings. The largest absolute Gasteiger partial charge is 0.282 e. The molecule has 1 heterocycles. The number of hydrogen-bond acceptors (Lipinski definition) is 2. The first-order chi connectivity index (χ1) is 8.16. The molecule has 0 N–H and O–H groups in total. The first-order valence-corrected chi connectivity index (χ1v) is 7.01. The number of amides is 2. The first-order valence-electron chi connectivity index (χ1n) is 7.01. The number of unbranched alkanes of at least 4 members (excludes halogenated alkanes) is 4. The number of carbonyl (C=O) groups is 2. The summed E-state index contributed by atoms with van der Waals surface area (Å²) in [5, 5.41) is 0. The Labute approximate surface area is 106 Å². The van der Waals surface area contributed by atoms with Crippen molar-refractivity contribution >= 4 is 11.8 Å². The van der Waals surface area contributed by atoms with E-state index in [-0.39, 0.29) is 17.7 Å². The summed E-state index contributed by atoms with van der Waals surface area (Å²) in [7, 11) is 0. The van der Waals surface area contributed by atoms with Gasteiger partial charge in [-0.3, -0.25) is 14.5 Å². The smallest absolute Gasteiger partial charge is 0.232 e. The molecule has 3 heteroatoms. The second kappa shape index (κ2) is 9.20. The van der Waals surface area contributed by atoms with E-state index in [0.29, 0.717) is 13.0 Å². The van der Waals surface area contributed by atoms with E-state index in [9.17, 15) is 9.59 Å². The maximum absolute atomic E-state index is 11.5. The van der Waals surface area contributed by atoms with Crippen LogP contribution in [-0.2, 0) is 9.59 Å². The number of nitrogens with zero attached hydrogens (tertiary/aromatic N) is 1. The average Bonchev–Trinajstić information content (AvgIpc) is 2.57. The zero-order valence-electron chi connectivity index (χ0n) is 11.8. The Balaban J connectivity index is 0.00000121. The van der Waals surface area contributed by atoms with Crippen molar-refractivity contribution in [3.63, 3.8) is 0 Å². The second-order valence-electron chi connectivity index (χ2n) is 4.40. The molecule has 1 fully saturated rings. The van der Waals surface area contributed by atoms with Gasteiger partial charge in [0.25, 0.3) is 0 Å². The quantitative estimate of drug-likeness (QED) is 0.528. The van der Waals surface area contributed by atoms with Gasteiger partial charge < -0.3 is 0 Å². The van der Waals surface area contributed by atoms with Crippen LogP contribution in [0.25, 0.3) is 0 Å². The van der Waals surface area contributed by atoms with Crippen LogP contribution in [-0.4, -0.2) is 23.3 Å². The van der Waals surface area contributed by atoms with Crippen LogP contribution in [0.5, 0.6) is 0 Å². The van der Waals surface area contributed by atoms with Gasteiger partial charge in [-0.2, -0.15) is 0 Å². The molecule has 0 saturated carbocycles. The highest BCUT2D eigenvalue weighted by molar-refractivity contribution is 6.03. The topological polar surface area (TPSA) is 37.4 Å². The Hall–Kier alpha value is -0.860. The molecule has 3 nitrogen and oxygen atoms in total. The van der Waals surface area contributed by atoms with Crippen LogP contribution in [0.3, 0.4) is 0 Å². The standard InChI is InChI=1S/C12H21NO2.C2H6/c1-3-4-5-6-7-8-13-11(14)9-10(2)12(13)15;1-2/h10H,3-9H2,1-2H3;1-2H3. The van der Waals surface area contributed by atoms with E-state index in [1.54, 1.807) is 0 Å². The van der Waals surface area contributed by atoms with Crippen molar-refractivity contribution in [1.29, 1.82) is 0 Å². The maximum Gasteiger partial charge on any atom is 0.232 e. The summed E-state index contributed by atoms with van der Waals surface area (Å²) in [5.41, 5.74) is 0. The van der Waals surface area contributed by atoms with Gasteiger partial charge in [-0.1, -0.05) is 53.4 Å². The molecule has 1 rings (SSSR count). The fourth-order valence-corrected chi connectivity index (χ4v) is 1.96. The number of likely N-dealkylation sites (tertiary alicyclic amines) is 1. The molecular weight excluding hydrogens is 214 g/mol. The molecule has 0 aromatic carbocycles. The lowest BCUT2D eigenvalue weighted by atomic mass is 10.1. The molecule has 0 bridgehead atoms. The van der Waals surface area contributed by atoms with E-state index < -0.39 is 0 Å². The normalized spacial score (nSPS) is 19.3.